The van der Waals surface area contributed by atoms with Crippen LogP contribution in [0.25, 0.3) is 10.9 Å². The van der Waals surface area contributed by atoms with Crippen LogP contribution in [0.3, 0.4) is 0 Å². The number of aromatic nitrogens is 1. The summed E-state index contributed by atoms with van der Waals surface area (Å²) in [5.74, 6) is -0.991. The van der Waals surface area contributed by atoms with Crippen molar-refractivity contribution in [1.82, 2.24) is 15.4 Å². The number of hydrazine groups is 1. The highest BCUT2D eigenvalue weighted by molar-refractivity contribution is 6.12. The largest absolute Gasteiger partial charge is 0.458 e. The van der Waals surface area contributed by atoms with Crippen LogP contribution in [0.4, 0.5) is 5.69 Å². The van der Waals surface area contributed by atoms with E-state index in [0.717, 1.165) is 36.8 Å². The number of nitrogens with zero attached hydrogens (tertiary/aromatic N) is 5. The van der Waals surface area contributed by atoms with Crippen molar-refractivity contribution in [3.63, 3.8) is 0 Å². The van der Waals surface area contributed by atoms with Gasteiger partial charge in [0.05, 0.1) is 41.0 Å². The summed E-state index contributed by atoms with van der Waals surface area (Å²) in [5.41, 5.74) is 5.64. The lowest BCUT2D eigenvalue weighted by Gasteiger charge is -2.36. The number of allylic oxidation sites excluding steroid dienone is 1. The molecule has 0 bridgehead atoms. The number of pyridine rings is 1. The minimum atomic E-state index is -0.622. The maximum Gasteiger partial charge on any atom is 0.357 e. The number of aliphatic imine (C=N–C) groups is 2. The van der Waals surface area contributed by atoms with Gasteiger partial charge in [-0.2, -0.15) is 5.26 Å². The Hall–Kier alpha value is -4.06. The zero-order valence-electron chi connectivity index (χ0n) is 19.6. The summed E-state index contributed by atoms with van der Waals surface area (Å²) in [4.78, 5) is 38.1. The molecule has 5 rings (SSSR count). The summed E-state index contributed by atoms with van der Waals surface area (Å²) < 4.78 is 5.23. The van der Waals surface area contributed by atoms with Crippen LogP contribution in [0.15, 0.2) is 52.1 Å². The van der Waals surface area contributed by atoms with Crippen molar-refractivity contribution in [2.24, 2.45) is 21.8 Å². The summed E-state index contributed by atoms with van der Waals surface area (Å²) in [6.07, 6.45) is 6.91. The molecule has 1 aromatic carbocycles. The van der Waals surface area contributed by atoms with E-state index in [-0.39, 0.29) is 29.7 Å². The minimum absolute atomic E-state index is 0.0284. The molecule has 1 unspecified atom stereocenters. The Labute approximate surface area is 203 Å². The molecule has 3 heterocycles. The number of nitrogens with one attached hydrogen (secondary N) is 1. The summed E-state index contributed by atoms with van der Waals surface area (Å²) >= 11 is 0. The number of rotatable bonds is 4. The number of carbonyl (C=O) groups is 2. The van der Waals surface area contributed by atoms with Crippen LogP contribution in [-0.4, -0.2) is 46.1 Å². The van der Waals surface area contributed by atoms with Crippen LogP contribution in [0, 0.1) is 23.2 Å². The van der Waals surface area contributed by atoms with E-state index in [2.05, 4.69) is 21.5 Å². The van der Waals surface area contributed by atoms with Gasteiger partial charge in [0.25, 0.3) is 5.91 Å². The Bertz CT molecular complexity index is 1320. The molecule has 1 aromatic heterocycles. The first-order valence-electron chi connectivity index (χ1n) is 11.9. The van der Waals surface area contributed by atoms with Crippen LogP contribution >= 0.6 is 0 Å². The number of hydrogen-bond donors (Lipinski definition) is 1. The second-order valence-electron chi connectivity index (χ2n) is 9.23. The van der Waals surface area contributed by atoms with Crippen molar-refractivity contribution in [3.8, 4) is 6.07 Å². The zero-order chi connectivity index (χ0) is 24.5. The Morgan fingerprint density at radius 2 is 2.09 bits per heavy atom. The minimum Gasteiger partial charge on any atom is -0.458 e. The molecule has 2 fully saturated rings. The van der Waals surface area contributed by atoms with Crippen molar-refractivity contribution in [2.45, 2.75) is 51.7 Å². The third-order valence-corrected chi connectivity index (χ3v) is 6.48. The Morgan fingerprint density at radius 3 is 2.89 bits per heavy atom. The van der Waals surface area contributed by atoms with E-state index in [0.29, 0.717) is 17.0 Å². The van der Waals surface area contributed by atoms with Gasteiger partial charge in [0.1, 0.15) is 17.4 Å². The highest BCUT2D eigenvalue weighted by Crippen LogP contribution is 2.36. The summed E-state index contributed by atoms with van der Waals surface area (Å²) in [5, 5.41) is 12.4. The average Bonchev–Trinajstić information content (AvgIpc) is 3.22. The molecule has 3 aliphatic rings. The first-order chi connectivity index (χ1) is 16.9. The number of fused-ring (bicyclic) bond motifs is 2. The van der Waals surface area contributed by atoms with Gasteiger partial charge in [0, 0.05) is 11.6 Å². The van der Waals surface area contributed by atoms with Crippen LogP contribution in [0.2, 0.25) is 0 Å². The predicted octanol–water partition coefficient (Wildman–Crippen LogP) is 3.84. The van der Waals surface area contributed by atoms with Gasteiger partial charge in [-0.3, -0.25) is 15.2 Å². The van der Waals surface area contributed by atoms with E-state index >= 15 is 0 Å². The lowest BCUT2D eigenvalue weighted by atomic mass is 9.84. The van der Waals surface area contributed by atoms with Gasteiger partial charge in [-0.05, 0) is 57.0 Å². The molecule has 9 heteroatoms. The third kappa shape index (κ3) is 4.39. The molecule has 3 atom stereocenters. The number of esters is 1. The molecule has 0 radical (unpaired) electrons. The number of carbonyl (C=O) groups excluding carboxylic acids is 2. The molecule has 9 nitrogen and oxygen atoms in total. The van der Waals surface area contributed by atoms with Gasteiger partial charge < -0.3 is 4.74 Å². The molecule has 1 saturated heterocycles. The number of benzene rings is 1. The first-order valence-corrected chi connectivity index (χ1v) is 11.9. The molecule has 2 aromatic rings. The van der Waals surface area contributed by atoms with Gasteiger partial charge in [-0.1, -0.05) is 18.9 Å². The lowest BCUT2D eigenvalue weighted by Crippen LogP contribution is -2.46. The Kier molecular flexibility index (Phi) is 6.03. The maximum absolute atomic E-state index is 12.7. The monoisotopic (exact) mass is 470 g/mol. The summed E-state index contributed by atoms with van der Waals surface area (Å²) in [6.45, 7) is 3.58. The predicted molar refractivity (Wildman–Crippen MR) is 131 cm³/mol. The van der Waals surface area contributed by atoms with Crippen LogP contribution in [0.5, 0.6) is 0 Å². The maximum atomic E-state index is 12.7. The molecule has 1 aliphatic carbocycles. The van der Waals surface area contributed by atoms with Crippen LogP contribution in [0.1, 0.15) is 50.0 Å². The van der Waals surface area contributed by atoms with Gasteiger partial charge in [0.15, 0.2) is 0 Å². The molecule has 1 saturated carbocycles. The number of hydrogen-bond acceptors (Lipinski definition) is 7. The van der Waals surface area contributed by atoms with E-state index in [1.165, 1.54) is 6.21 Å². The number of nitriles is 1. The fourth-order valence-corrected chi connectivity index (χ4v) is 4.86. The first kappa shape index (κ1) is 22.7. The lowest BCUT2D eigenvalue weighted by molar-refractivity contribution is -0.119. The van der Waals surface area contributed by atoms with E-state index in [1.54, 1.807) is 38.1 Å². The average molecular weight is 471 g/mol. The molecule has 35 heavy (non-hydrogen) atoms. The Balaban J connectivity index is 1.46. The van der Waals surface area contributed by atoms with Crippen molar-refractivity contribution in [2.75, 3.05) is 0 Å². The standard InChI is InChI=1S/C26H26N6O3/c1-15(2)35-26(34)20-9-7-16-13-18(8-10-19(16)30-20)29-24-23-22(11-12-28-25(23)33)32(31-24)21-6-4-3-5-17(21)14-27/h7-13,15,17,21,23H,3-6H2,1-2H3,(H,29,31)/t17-,21+,23?/m1/s1. The summed E-state index contributed by atoms with van der Waals surface area (Å²) in [6, 6.07) is 11.3. The second kappa shape index (κ2) is 9.29. The smallest absolute Gasteiger partial charge is 0.357 e. The molecule has 0 spiro atoms. The number of amidine groups is 1. The fourth-order valence-electron chi connectivity index (χ4n) is 4.86. The van der Waals surface area contributed by atoms with Gasteiger partial charge in [-0.25, -0.2) is 19.8 Å². The molecular formula is C26H26N6O3. The molecule has 1 amide bonds. The zero-order valence-corrected chi connectivity index (χ0v) is 19.6. The van der Waals surface area contributed by atoms with Crippen LogP contribution < -0.4 is 5.43 Å². The SMILES string of the molecule is CC(C)OC(=O)c1ccc2cc(N=C3NN([C@H]4CCCC[C@@H]4C#N)C4=CC=NC(=O)C43)ccc2n1. The number of amides is 1. The van der Waals surface area contributed by atoms with E-state index < -0.39 is 11.9 Å². The van der Waals surface area contributed by atoms with Gasteiger partial charge in [-0.15, -0.1) is 0 Å². The second-order valence-corrected chi connectivity index (χ2v) is 9.23. The van der Waals surface area contributed by atoms with Crippen molar-refractivity contribution < 1.29 is 14.3 Å². The molecule has 2 aliphatic heterocycles. The molecular weight excluding hydrogens is 444 g/mol. The van der Waals surface area contributed by atoms with Crippen molar-refractivity contribution in [1.29, 1.82) is 5.26 Å². The number of ether oxygens (including phenoxy) is 1. The van der Waals surface area contributed by atoms with Crippen molar-refractivity contribution >= 4 is 40.5 Å². The van der Waals surface area contributed by atoms with Crippen molar-refractivity contribution in [3.05, 3.63) is 47.8 Å². The Morgan fingerprint density at radius 1 is 1.26 bits per heavy atom. The topological polar surface area (TPSA) is 120 Å². The van der Waals surface area contributed by atoms with E-state index in [4.69, 9.17) is 9.73 Å². The highest BCUT2D eigenvalue weighted by atomic mass is 16.5. The van der Waals surface area contributed by atoms with E-state index in [9.17, 15) is 14.9 Å². The third-order valence-electron chi connectivity index (χ3n) is 6.48. The highest BCUT2D eigenvalue weighted by Gasteiger charge is 2.45. The van der Waals surface area contributed by atoms with Gasteiger partial charge >= 0.3 is 5.97 Å². The van der Waals surface area contributed by atoms with Gasteiger partial charge in [0.2, 0.25) is 0 Å². The molecule has 178 valence electrons. The molecule has 1 N–H and O–H groups in total. The summed E-state index contributed by atoms with van der Waals surface area (Å²) in [7, 11) is 0. The van der Waals surface area contributed by atoms with E-state index in [1.807, 2.05) is 17.2 Å². The number of dihydropyridines is 1. The quantitative estimate of drug-likeness (QED) is 0.674. The normalized spacial score (nSPS) is 24.8. The van der Waals surface area contributed by atoms with Crippen LogP contribution in [-0.2, 0) is 9.53 Å². The fraction of sp³-hybridized carbons (Fsp3) is 0.385.